The van der Waals surface area contributed by atoms with Crippen molar-refractivity contribution in [2.75, 3.05) is 29.9 Å². The molecule has 0 unspecified atom stereocenters. The van der Waals surface area contributed by atoms with E-state index >= 15 is 0 Å². The standard InChI is InChI=1S/C25H29N5O3/c1-25(2,3)33-24(32)26-16-17-10-12-18(13-11-17)23(31)30-15-7-14-29(4)21-22(30)28-20-9-6-5-8-19(20)27-21/h5-6,8-13H,7,14-16H2,1-4H3,(H,26,32). The summed E-state index contributed by atoms with van der Waals surface area (Å²) < 4.78 is 5.26. The van der Waals surface area contributed by atoms with Crippen molar-refractivity contribution in [3.63, 3.8) is 0 Å². The summed E-state index contributed by atoms with van der Waals surface area (Å²) in [7, 11) is 1.97. The van der Waals surface area contributed by atoms with Gasteiger partial charge < -0.3 is 15.0 Å². The molecule has 0 aliphatic carbocycles. The Morgan fingerprint density at radius 1 is 0.970 bits per heavy atom. The third-order valence-electron chi connectivity index (χ3n) is 5.31. The number of carbonyl (C=O) groups is 2. The second-order valence-corrected chi connectivity index (χ2v) is 9.14. The lowest BCUT2D eigenvalue weighted by molar-refractivity contribution is 0.0523. The van der Waals surface area contributed by atoms with Gasteiger partial charge in [0.15, 0.2) is 11.6 Å². The maximum absolute atomic E-state index is 13.4. The molecule has 2 heterocycles. The number of para-hydroxylation sites is 2. The molecule has 4 rings (SSSR count). The Morgan fingerprint density at radius 3 is 2.24 bits per heavy atom. The molecule has 8 heteroatoms. The number of anilines is 2. The third-order valence-corrected chi connectivity index (χ3v) is 5.31. The van der Waals surface area contributed by atoms with Crippen molar-refractivity contribution < 1.29 is 14.3 Å². The number of hydrogen-bond donors (Lipinski definition) is 1. The van der Waals surface area contributed by atoms with Crippen LogP contribution in [0, 0.1) is 0 Å². The van der Waals surface area contributed by atoms with Crippen molar-refractivity contribution in [2.45, 2.75) is 39.3 Å². The highest BCUT2D eigenvalue weighted by atomic mass is 16.6. The van der Waals surface area contributed by atoms with Gasteiger partial charge in [-0.25, -0.2) is 14.8 Å². The zero-order chi connectivity index (χ0) is 23.6. The van der Waals surface area contributed by atoms with Crippen LogP contribution in [0.2, 0.25) is 0 Å². The summed E-state index contributed by atoms with van der Waals surface area (Å²) in [5.74, 6) is 1.16. The van der Waals surface area contributed by atoms with E-state index in [2.05, 4.69) is 5.32 Å². The number of aromatic nitrogens is 2. The summed E-state index contributed by atoms with van der Waals surface area (Å²) in [6, 6.07) is 14.9. The Labute approximate surface area is 193 Å². The average Bonchev–Trinajstić information content (AvgIpc) is 2.93. The lowest BCUT2D eigenvalue weighted by Crippen LogP contribution is -2.33. The Bertz CT molecular complexity index is 1170. The molecule has 1 aromatic heterocycles. The highest BCUT2D eigenvalue weighted by molar-refractivity contribution is 6.07. The average molecular weight is 448 g/mol. The second kappa shape index (κ2) is 9.05. The normalized spacial score (nSPS) is 13.9. The van der Waals surface area contributed by atoms with E-state index in [0.29, 0.717) is 30.3 Å². The second-order valence-electron chi connectivity index (χ2n) is 9.14. The molecule has 8 nitrogen and oxygen atoms in total. The monoisotopic (exact) mass is 447 g/mol. The van der Waals surface area contributed by atoms with Gasteiger partial charge >= 0.3 is 6.09 Å². The molecular weight excluding hydrogens is 418 g/mol. The van der Waals surface area contributed by atoms with E-state index in [-0.39, 0.29) is 5.91 Å². The van der Waals surface area contributed by atoms with Gasteiger partial charge in [0, 0.05) is 32.2 Å². The van der Waals surface area contributed by atoms with Crippen LogP contribution in [0.15, 0.2) is 48.5 Å². The molecule has 1 aliphatic heterocycles. The molecule has 0 atom stereocenters. The number of benzene rings is 2. The fourth-order valence-corrected chi connectivity index (χ4v) is 3.70. The zero-order valence-corrected chi connectivity index (χ0v) is 19.5. The molecule has 0 spiro atoms. The van der Waals surface area contributed by atoms with Gasteiger partial charge in [-0.1, -0.05) is 24.3 Å². The van der Waals surface area contributed by atoms with E-state index < -0.39 is 11.7 Å². The Hall–Kier alpha value is -3.68. The fraction of sp³-hybridized carbons (Fsp3) is 0.360. The van der Waals surface area contributed by atoms with Crippen LogP contribution in [0.4, 0.5) is 16.4 Å². The third kappa shape index (κ3) is 5.22. The van der Waals surface area contributed by atoms with Gasteiger partial charge in [-0.05, 0) is 57.0 Å². The number of ether oxygens (including phenoxy) is 1. The van der Waals surface area contributed by atoms with Gasteiger partial charge in [0.1, 0.15) is 5.60 Å². The Morgan fingerprint density at radius 2 is 1.61 bits per heavy atom. The van der Waals surface area contributed by atoms with E-state index in [1.165, 1.54) is 0 Å². The molecule has 2 amide bonds. The summed E-state index contributed by atoms with van der Waals surface area (Å²) in [4.78, 5) is 38.6. The maximum atomic E-state index is 13.4. The lowest BCUT2D eigenvalue weighted by atomic mass is 10.1. The van der Waals surface area contributed by atoms with Gasteiger partial charge in [0.2, 0.25) is 0 Å². The molecule has 0 fully saturated rings. The maximum Gasteiger partial charge on any atom is 0.407 e. The molecule has 172 valence electrons. The molecule has 2 aromatic carbocycles. The van der Waals surface area contributed by atoms with E-state index in [1.807, 2.05) is 69.1 Å². The van der Waals surface area contributed by atoms with Crippen LogP contribution in [-0.2, 0) is 11.3 Å². The van der Waals surface area contributed by atoms with Crippen molar-refractivity contribution in [1.82, 2.24) is 15.3 Å². The minimum Gasteiger partial charge on any atom is -0.444 e. The minimum atomic E-state index is -0.550. The number of rotatable bonds is 3. The van der Waals surface area contributed by atoms with Crippen molar-refractivity contribution in [3.05, 3.63) is 59.7 Å². The highest BCUT2D eigenvalue weighted by Crippen LogP contribution is 2.31. The summed E-state index contributed by atoms with van der Waals surface area (Å²) >= 11 is 0. The van der Waals surface area contributed by atoms with Crippen molar-refractivity contribution in [1.29, 1.82) is 0 Å². The number of nitrogens with zero attached hydrogens (tertiary/aromatic N) is 4. The predicted octanol–water partition coefficient (Wildman–Crippen LogP) is 4.14. The van der Waals surface area contributed by atoms with Gasteiger partial charge in [-0.2, -0.15) is 0 Å². The number of hydrogen-bond acceptors (Lipinski definition) is 6. The molecule has 33 heavy (non-hydrogen) atoms. The molecule has 0 saturated carbocycles. The number of nitrogens with one attached hydrogen (secondary N) is 1. The first-order chi connectivity index (χ1) is 15.7. The van der Waals surface area contributed by atoms with Crippen LogP contribution < -0.4 is 15.1 Å². The van der Waals surface area contributed by atoms with Crippen LogP contribution >= 0.6 is 0 Å². The molecule has 0 bridgehead atoms. The van der Waals surface area contributed by atoms with E-state index in [1.54, 1.807) is 17.0 Å². The summed E-state index contributed by atoms with van der Waals surface area (Å²) in [6.45, 7) is 7.12. The number of alkyl carbamates (subject to hydrolysis) is 1. The van der Waals surface area contributed by atoms with E-state index in [4.69, 9.17) is 14.7 Å². The van der Waals surface area contributed by atoms with Crippen LogP contribution in [0.3, 0.4) is 0 Å². The molecule has 1 aliphatic rings. The summed E-state index contributed by atoms with van der Waals surface area (Å²) in [5.41, 5.74) is 2.44. The topological polar surface area (TPSA) is 87.7 Å². The number of fused-ring (bicyclic) bond motifs is 2. The van der Waals surface area contributed by atoms with Crippen LogP contribution in [-0.4, -0.2) is 47.7 Å². The summed E-state index contributed by atoms with van der Waals surface area (Å²) in [5, 5.41) is 2.73. The Kier molecular flexibility index (Phi) is 6.18. The highest BCUT2D eigenvalue weighted by Gasteiger charge is 2.27. The van der Waals surface area contributed by atoms with Gasteiger partial charge in [0.05, 0.1) is 11.0 Å². The quantitative estimate of drug-likeness (QED) is 0.649. The number of carbonyl (C=O) groups excluding carboxylic acids is 2. The van der Waals surface area contributed by atoms with Crippen molar-refractivity contribution in [2.24, 2.45) is 0 Å². The predicted molar refractivity (Wildman–Crippen MR) is 129 cm³/mol. The van der Waals surface area contributed by atoms with Crippen LogP contribution in [0.25, 0.3) is 11.0 Å². The van der Waals surface area contributed by atoms with Crippen LogP contribution in [0.5, 0.6) is 0 Å². The fourth-order valence-electron chi connectivity index (χ4n) is 3.70. The molecule has 1 N–H and O–H groups in total. The SMILES string of the molecule is CN1CCCN(C(=O)c2ccc(CNC(=O)OC(C)(C)C)cc2)c2nc3ccccc3nc21. The molecule has 3 aromatic rings. The van der Waals surface area contributed by atoms with Gasteiger partial charge in [0.25, 0.3) is 5.91 Å². The molecular formula is C25H29N5O3. The van der Waals surface area contributed by atoms with Gasteiger partial charge in [-0.15, -0.1) is 0 Å². The molecule has 0 radical (unpaired) electrons. The van der Waals surface area contributed by atoms with Crippen molar-refractivity contribution >= 4 is 34.7 Å². The van der Waals surface area contributed by atoms with Crippen LogP contribution in [0.1, 0.15) is 43.1 Å². The Balaban J connectivity index is 1.54. The van der Waals surface area contributed by atoms with E-state index in [9.17, 15) is 9.59 Å². The first-order valence-corrected chi connectivity index (χ1v) is 11.1. The lowest BCUT2D eigenvalue weighted by Gasteiger charge is -2.23. The van der Waals surface area contributed by atoms with Crippen molar-refractivity contribution in [3.8, 4) is 0 Å². The van der Waals surface area contributed by atoms with E-state index in [0.717, 1.165) is 29.6 Å². The first kappa shape index (κ1) is 22.5. The number of amides is 2. The van der Waals surface area contributed by atoms with Gasteiger partial charge in [-0.3, -0.25) is 9.69 Å². The smallest absolute Gasteiger partial charge is 0.407 e. The summed E-state index contributed by atoms with van der Waals surface area (Å²) in [6.07, 6.45) is 0.341. The zero-order valence-electron chi connectivity index (χ0n) is 19.5. The first-order valence-electron chi connectivity index (χ1n) is 11.1. The minimum absolute atomic E-state index is 0.122. The molecule has 0 saturated heterocycles. The largest absolute Gasteiger partial charge is 0.444 e.